The van der Waals surface area contributed by atoms with Gasteiger partial charge in [0.1, 0.15) is 6.61 Å². The molecule has 1 aromatic rings. The van der Waals surface area contributed by atoms with Gasteiger partial charge < -0.3 is 9.84 Å². The molecule has 0 aliphatic carbocycles. The number of likely N-dealkylation sites (tertiary alicyclic amines) is 1. The van der Waals surface area contributed by atoms with Gasteiger partial charge in [0, 0.05) is 6.42 Å². The molecule has 1 aliphatic rings. The number of amides is 2. The van der Waals surface area contributed by atoms with Gasteiger partial charge in [-0.3, -0.25) is 4.79 Å². The maximum atomic E-state index is 12.1. The van der Waals surface area contributed by atoms with Crippen LogP contribution in [0.3, 0.4) is 0 Å². The molecule has 6 nitrogen and oxygen atoms in total. The van der Waals surface area contributed by atoms with Crippen molar-refractivity contribution < 1.29 is 24.2 Å². The summed E-state index contributed by atoms with van der Waals surface area (Å²) in [6.07, 6.45) is -0.571. The van der Waals surface area contributed by atoms with Gasteiger partial charge in [0.05, 0.1) is 0 Å². The average molecular weight is 291 g/mol. The van der Waals surface area contributed by atoms with E-state index in [2.05, 4.69) is 0 Å². The number of hydrogen-bond donors (Lipinski definition) is 1. The minimum absolute atomic E-state index is 0.00284. The van der Waals surface area contributed by atoms with E-state index in [0.717, 1.165) is 10.5 Å². The maximum absolute atomic E-state index is 12.1. The molecule has 6 heteroatoms. The summed E-state index contributed by atoms with van der Waals surface area (Å²) < 4.78 is 5.09. The molecule has 1 unspecified atom stereocenters. The lowest BCUT2D eigenvalue weighted by atomic mass is 9.93. The smallest absolute Gasteiger partial charge is 0.417 e. The van der Waals surface area contributed by atoms with Gasteiger partial charge in [-0.2, -0.15) is 0 Å². The zero-order valence-electron chi connectivity index (χ0n) is 11.7. The molecule has 0 bridgehead atoms. The molecule has 0 aromatic heterocycles. The highest BCUT2D eigenvalue weighted by atomic mass is 16.6. The second kappa shape index (κ2) is 5.95. The molecule has 1 heterocycles. The van der Waals surface area contributed by atoms with E-state index in [1.165, 1.54) is 0 Å². The summed E-state index contributed by atoms with van der Waals surface area (Å²) >= 11 is 0. The van der Waals surface area contributed by atoms with Crippen LogP contribution in [0.2, 0.25) is 0 Å². The monoisotopic (exact) mass is 291 g/mol. The van der Waals surface area contributed by atoms with Crippen LogP contribution in [0.4, 0.5) is 4.79 Å². The third-order valence-electron chi connectivity index (χ3n) is 3.80. The van der Waals surface area contributed by atoms with Crippen molar-refractivity contribution in [3.8, 4) is 0 Å². The lowest BCUT2D eigenvalue weighted by Gasteiger charge is -2.31. The molecular formula is C15H17NO5. The van der Waals surface area contributed by atoms with Gasteiger partial charge in [-0.1, -0.05) is 37.3 Å². The van der Waals surface area contributed by atoms with Crippen LogP contribution in [0.5, 0.6) is 0 Å². The standard InChI is InChI=1S/C15H17NO5/c1-2-15(13(18)19)9-8-12(17)16(15)14(20)21-10-11-6-4-3-5-7-11/h3-7H,2,8-10H2,1H3,(H,18,19). The summed E-state index contributed by atoms with van der Waals surface area (Å²) in [5.41, 5.74) is -0.708. The van der Waals surface area contributed by atoms with Crippen molar-refractivity contribution in [3.05, 3.63) is 35.9 Å². The van der Waals surface area contributed by atoms with E-state index >= 15 is 0 Å². The summed E-state index contributed by atoms with van der Waals surface area (Å²) in [6, 6.07) is 9.00. The van der Waals surface area contributed by atoms with E-state index < -0.39 is 23.5 Å². The lowest BCUT2D eigenvalue weighted by Crippen LogP contribution is -2.54. The van der Waals surface area contributed by atoms with Crippen molar-refractivity contribution in [2.75, 3.05) is 0 Å². The zero-order chi connectivity index (χ0) is 15.5. The first kappa shape index (κ1) is 15.0. The first-order valence-corrected chi connectivity index (χ1v) is 6.78. The van der Waals surface area contributed by atoms with Gasteiger partial charge in [0.2, 0.25) is 5.91 Å². The van der Waals surface area contributed by atoms with Crippen LogP contribution in [0.15, 0.2) is 30.3 Å². The van der Waals surface area contributed by atoms with Crippen molar-refractivity contribution in [1.82, 2.24) is 4.90 Å². The number of hydrogen-bond acceptors (Lipinski definition) is 4. The summed E-state index contributed by atoms with van der Waals surface area (Å²) in [5.74, 6) is -1.68. The second-order valence-electron chi connectivity index (χ2n) is 4.96. The first-order chi connectivity index (χ1) is 10.0. The van der Waals surface area contributed by atoms with Crippen molar-refractivity contribution >= 4 is 18.0 Å². The van der Waals surface area contributed by atoms with Crippen LogP contribution in [0.25, 0.3) is 0 Å². The number of nitrogens with zero attached hydrogens (tertiary/aromatic N) is 1. The Kier molecular flexibility index (Phi) is 4.26. The van der Waals surface area contributed by atoms with Gasteiger partial charge in [-0.25, -0.2) is 14.5 Å². The van der Waals surface area contributed by atoms with E-state index in [0.29, 0.717) is 0 Å². The van der Waals surface area contributed by atoms with Crippen molar-refractivity contribution in [1.29, 1.82) is 0 Å². The molecule has 21 heavy (non-hydrogen) atoms. The number of ether oxygens (including phenoxy) is 1. The highest BCUT2D eigenvalue weighted by Crippen LogP contribution is 2.34. The van der Waals surface area contributed by atoms with Crippen LogP contribution < -0.4 is 0 Å². The second-order valence-corrected chi connectivity index (χ2v) is 4.96. The highest BCUT2D eigenvalue weighted by Gasteiger charge is 2.54. The summed E-state index contributed by atoms with van der Waals surface area (Å²) in [7, 11) is 0. The molecule has 1 saturated heterocycles. The fourth-order valence-corrected chi connectivity index (χ4v) is 2.53. The molecule has 1 aromatic carbocycles. The van der Waals surface area contributed by atoms with Gasteiger partial charge in [-0.15, -0.1) is 0 Å². The van der Waals surface area contributed by atoms with Gasteiger partial charge >= 0.3 is 12.1 Å². The SMILES string of the molecule is CCC1(C(=O)O)CCC(=O)N1C(=O)OCc1ccccc1. The molecule has 0 spiro atoms. The van der Waals surface area contributed by atoms with Crippen LogP contribution in [0.1, 0.15) is 31.7 Å². The predicted octanol–water partition coefficient (Wildman–Crippen LogP) is 2.18. The van der Waals surface area contributed by atoms with E-state index in [9.17, 15) is 19.5 Å². The Bertz CT molecular complexity index is 556. The van der Waals surface area contributed by atoms with Gasteiger partial charge in [-0.05, 0) is 18.4 Å². The van der Waals surface area contributed by atoms with Gasteiger partial charge in [0.15, 0.2) is 5.54 Å². The van der Waals surface area contributed by atoms with Crippen LogP contribution in [-0.2, 0) is 20.9 Å². The van der Waals surface area contributed by atoms with Crippen LogP contribution in [-0.4, -0.2) is 33.5 Å². The van der Waals surface area contributed by atoms with E-state index in [4.69, 9.17) is 4.74 Å². The molecular weight excluding hydrogens is 274 g/mol. The number of carbonyl (C=O) groups excluding carboxylic acids is 2. The Morgan fingerprint density at radius 3 is 2.57 bits per heavy atom. The van der Waals surface area contributed by atoms with Crippen molar-refractivity contribution in [2.45, 2.75) is 38.3 Å². The summed E-state index contributed by atoms with van der Waals surface area (Å²) in [5, 5.41) is 9.38. The number of imide groups is 1. The number of aliphatic carboxylic acids is 1. The van der Waals surface area contributed by atoms with Crippen molar-refractivity contribution in [2.24, 2.45) is 0 Å². The number of carbonyl (C=O) groups is 3. The lowest BCUT2D eigenvalue weighted by molar-refractivity contribution is -0.153. The highest BCUT2D eigenvalue weighted by molar-refractivity contribution is 6.01. The summed E-state index contributed by atoms with van der Waals surface area (Å²) in [6.45, 7) is 1.65. The topological polar surface area (TPSA) is 83.9 Å². The minimum Gasteiger partial charge on any atom is -0.479 e. The van der Waals surface area contributed by atoms with Crippen LogP contribution >= 0.6 is 0 Å². The molecule has 1 N–H and O–H groups in total. The number of carboxylic acids is 1. The average Bonchev–Trinajstić information content (AvgIpc) is 2.84. The Morgan fingerprint density at radius 2 is 2.00 bits per heavy atom. The molecule has 2 rings (SSSR count). The Labute approximate surface area is 122 Å². The third-order valence-corrected chi connectivity index (χ3v) is 3.80. The van der Waals surface area contributed by atoms with Crippen molar-refractivity contribution in [3.63, 3.8) is 0 Å². The fraction of sp³-hybridized carbons (Fsp3) is 0.400. The Balaban J connectivity index is 2.12. The van der Waals surface area contributed by atoms with Crippen LogP contribution in [0, 0.1) is 0 Å². The van der Waals surface area contributed by atoms with Gasteiger partial charge in [0.25, 0.3) is 0 Å². The number of rotatable bonds is 4. The third kappa shape index (κ3) is 2.74. The van der Waals surface area contributed by atoms with E-state index in [-0.39, 0.29) is 25.9 Å². The largest absolute Gasteiger partial charge is 0.479 e. The first-order valence-electron chi connectivity index (χ1n) is 6.78. The molecule has 2 amide bonds. The normalized spacial score (nSPS) is 21.4. The molecule has 0 saturated carbocycles. The summed E-state index contributed by atoms with van der Waals surface area (Å²) in [4.78, 5) is 36.2. The molecule has 1 fully saturated rings. The zero-order valence-corrected chi connectivity index (χ0v) is 11.7. The number of carboxylic acid groups (broad SMARTS) is 1. The van der Waals surface area contributed by atoms with E-state index in [1.807, 2.05) is 6.07 Å². The fourth-order valence-electron chi connectivity index (χ4n) is 2.53. The molecule has 1 atom stereocenters. The quantitative estimate of drug-likeness (QED) is 0.919. The predicted molar refractivity (Wildman–Crippen MR) is 73.4 cm³/mol. The molecule has 112 valence electrons. The molecule has 0 radical (unpaired) electrons. The Morgan fingerprint density at radius 1 is 1.33 bits per heavy atom. The van der Waals surface area contributed by atoms with E-state index in [1.54, 1.807) is 31.2 Å². The molecule has 1 aliphatic heterocycles. The number of benzene rings is 1. The maximum Gasteiger partial charge on any atom is 0.417 e. The Hall–Kier alpha value is -2.37. The minimum atomic E-state index is -1.48.